The molecule has 0 aliphatic carbocycles. The molecular formula is C23H32NOPS. The Balaban J connectivity index is 1.69. The zero-order chi connectivity index (χ0) is 19.1. The fraction of sp³-hybridized carbons (Fsp3) is 0.478. The van der Waals surface area contributed by atoms with Crippen LogP contribution < -0.4 is 0 Å². The molecule has 2 aliphatic heterocycles. The summed E-state index contributed by atoms with van der Waals surface area (Å²) in [5.74, 6) is 1.12. The van der Waals surface area contributed by atoms with Crippen LogP contribution >= 0.6 is 18.3 Å². The van der Waals surface area contributed by atoms with E-state index in [1.807, 2.05) is 0 Å². The molecule has 2 heterocycles. The van der Waals surface area contributed by atoms with E-state index in [1.165, 1.54) is 29.2 Å². The fourth-order valence-corrected chi connectivity index (χ4v) is 10.2. The molecule has 0 amide bonds. The highest BCUT2D eigenvalue weighted by Gasteiger charge is 2.50. The minimum Gasteiger partial charge on any atom is -0.337 e. The highest BCUT2D eigenvalue weighted by atomic mass is 32.3. The third-order valence-electron chi connectivity index (χ3n) is 5.77. The lowest BCUT2D eigenvalue weighted by atomic mass is 10.1. The Morgan fingerprint density at radius 3 is 2.07 bits per heavy atom. The predicted molar refractivity (Wildman–Crippen MR) is 119 cm³/mol. The Hall–Kier alpha value is -0.860. The molecule has 2 saturated heterocycles. The molecule has 27 heavy (non-hydrogen) atoms. The summed E-state index contributed by atoms with van der Waals surface area (Å²) in [5, 5.41) is 0.220. The molecule has 2 fully saturated rings. The first-order valence-electron chi connectivity index (χ1n) is 9.99. The van der Waals surface area contributed by atoms with E-state index in [9.17, 15) is 0 Å². The van der Waals surface area contributed by atoms with Gasteiger partial charge in [0.15, 0.2) is 0 Å². The van der Waals surface area contributed by atoms with Crippen molar-refractivity contribution in [1.29, 1.82) is 0 Å². The normalized spacial score (nSPS) is 26.9. The molecule has 0 saturated carbocycles. The van der Waals surface area contributed by atoms with Crippen LogP contribution in [0.5, 0.6) is 0 Å². The molecule has 3 atom stereocenters. The van der Waals surface area contributed by atoms with Gasteiger partial charge in [-0.15, -0.1) is 0 Å². The molecule has 4 heteroatoms. The highest BCUT2D eigenvalue weighted by molar-refractivity contribution is 8.33. The molecule has 0 radical (unpaired) electrons. The van der Waals surface area contributed by atoms with Crippen molar-refractivity contribution in [3.05, 3.63) is 60.7 Å². The van der Waals surface area contributed by atoms with Gasteiger partial charge in [0.05, 0.1) is 6.10 Å². The Morgan fingerprint density at radius 1 is 1.00 bits per heavy atom. The number of nitrogens with zero attached hydrogens (tertiary/aromatic N) is 1. The SMILES string of the molecule is CC(C)(C)P1O[C@@H](CS(C)(c2ccccc2)c2ccccc2)[C@H]2CCCN21. The van der Waals surface area contributed by atoms with E-state index >= 15 is 0 Å². The Bertz CT molecular complexity index is 721. The highest BCUT2D eigenvalue weighted by Crippen LogP contribution is 2.67. The Morgan fingerprint density at radius 2 is 1.56 bits per heavy atom. The van der Waals surface area contributed by atoms with E-state index in [2.05, 4.69) is 92.4 Å². The van der Waals surface area contributed by atoms with Gasteiger partial charge in [0, 0.05) is 23.5 Å². The average Bonchev–Trinajstić information content (AvgIpc) is 3.26. The molecule has 2 aliphatic rings. The first-order valence-corrected chi connectivity index (χ1v) is 13.4. The summed E-state index contributed by atoms with van der Waals surface area (Å²) in [6, 6.07) is 22.8. The third-order valence-corrected chi connectivity index (χ3v) is 12.0. The van der Waals surface area contributed by atoms with Crippen LogP contribution in [0.1, 0.15) is 33.6 Å². The van der Waals surface area contributed by atoms with Crippen molar-refractivity contribution in [3.63, 3.8) is 0 Å². The lowest BCUT2D eigenvalue weighted by molar-refractivity contribution is 0.233. The second-order valence-corrected chi connectivity index (χ2v) is 14.9. The summed E-state index contributed by atoms with van der Waals surface area (Å²) in [6.45, 7) is 8.25. The molecule has 146 valence electrons. The number of rotatable bonds is 4. The van der Waals surface area contributed by atoms with Gasteiger partial charge in [0.2, 0.25) is 0 Å². The molecule has 4 rings (SSSR count). The summed E-state index contributed by atoms with van der Waals surface area (Å²) in [7, 11) is -1.64. The number of hydrogen-bond donors (Lipinski definition) is 0. The van der Waals surface area contributed by atoms with Gasteiger partial charge in [-0.1, -0.05) is 57.2 Å². The smallest absolute Gasteiger partial charge is 0.110 e. The average molecular weight is 402 g/mol. The lowest BCUT2D eigenvalue weighted by Crippen LogP contribution is -2.33. The number of benzene rings is 2. The van der Waals surface area contributed by atoms with Gasteiger partial charge >= 0.3 is 0 Å². The molecule has 2 aromatic carbocycles. The largest absolute Gasteiger partial charge is 0.337 e. The lowest BCUT2D eigenvalue weighted by Gasteiger charge is -2.39. The van der Waals surface area contributed by atoms with Crippen molar-refractivity contribution in [3.8, 4) is 0 Å². The second-order valence-electron chi connectivity index (χ2n) is 8.84. The molecule has 2 aromatic rings. The van der Waals surface area contributed by atoms with Gasteiger partial charge in [0.25, 0.3) is 0 Å². The van der Waals surface area contributed by atoms with Crippen molar-refractivity contribution >= 4 is 18.3 Å². The minimum absolute atomic E-state index is 0.220. The van der Waals surface area contributed by atoms with Gasteiger partial charge in [0.1, 0.15) is 8.30 Å². The van der Waals surface area contributed by atoms with E-state index in [0.717, 1.165) is 5.75 Å². The maximum atomic E-state index is 6.84. The summed E-state index contributed by atoms with van der Waals surface area (Å²) >= 11 is 0. The summed E-state index contributed by atoms with van der Waals surface area (Å²) in [5.41, 5.74) is 0. The van der Waals surface area contributed by atoms with Crippen LogP contribution in [0.2, 0.25) is 0 Å². The van der Waals surface area contributed by atoms with Gasteiger partial charge in [-0.3, -0.25) is 4.67 Å². The third kappa shape index (κ3) is 3.72. The maximum absolute atomic E-state index is 6.84. The Kier molecular flexibility index (Phi) is 5.42. The van der Waals surface area contributed by atoms with Crippen molar-refractivity contribution < 1.29 is 4.52 Å². The first kappa shape index (κ1) is 19.5. The van der Waals surface area contributed by atoms with Gasteiger partial charge in [-0.2, -0.15) is 10.0 Å². The van der Waals surface area contributed by atoms with Crippen LogP contribution in [0.25, 0.3) is 0 Å². The van der Waals surface area contributed by atoms with E-state index in [-0.39, 0.29) is 5.16 Å². The zero-order valence-corrected chi connectivity index (χ0v) is 18.7. The first-order chi connectivity index (χ1) is 12.9. The monoisotopic (exact) mass is 401 g/mol. The summed E-state index contributed by atoms with van der Waals surface area (Å²) < 4.78 is 9.56. The van der Waals surface area contributed by atoms with Crippen LogP contribution in [-0.2, 0) is 4.52 Å². The Labute approximate surface area is 167 Å². The number of fused-ring (bicyclic) bond motifs is 1. The van der Waals surface area contributed by atoms with Crippen LogP contribution in [-0.4, -0.2) is 40.5 Å². The molecule has 0 spiro atoms. The second kappa shape index (κ2) is 7.52. The van der Waals surface area contributed by atoms with E-state index in [1.54, 1.807) is 0 Å². The molecule has 0 N–H and O–H groups in total. The van der Waals surface area contributed by atoms with E-state index < -0.39 is 18.3 Å². The van der Waals surface area contributed by atoms with Crippen LogP contribution in [0.4, 0.5) is 0 Å². The molecule has 1 unspecified atom stereocenters. The van der Waals surface area contributed by atoms with Gasteiger partial charge in [-0.05, 0) is 53.2 Å². The molecule has 2 nitrogen and oxygen atoms in total. The van der Waals surface area contributed by atoms with Gasteiger partial charge in [-0.25, -0.2) is 0 Å². The standard InChI is InChI=1S/C23H32NOPS/c1-23(2,3)26-24-17-11-16-21(24)22(25-26)18-27(4,19-12-7-5-8-13-19)20-14-9-6-10-15-20/h5-10,12-15,21-22H,11,16-18H2,1-4H3/t21-,22+,26?/m1/s1. The van der Waals surface area contributed by atoms with Gasteiger partial charge < -0.3 is 4.52 Å². The topological polar surface area (TPSA) is 12.5 Å². The quantitative estimate of drug-likeness (QED) is 0.541. The predicted octanol–water partition coefficient (Wildman–Crippen LogP) is 6.51. The number of hydrogen-bond acceptors (Lipinski definition) is 2. The molecular weight excluding hydrogens is 369 g/mol. The van der Waals surface area contributed by atoms with Crippen LogP contribution in [0.3, 0.4) is 0 Å². The van der Waals surface area contributed by atoms with E-state index in [4.69, 9.17) is 4.52 Å². The summed E-state index contributed by atoms with van der Waals surface area (Å²) in [6.07, 6.45) is 5.44. The van der Waals surface area contributed by atoms with Crippen molar-refractivity contribution in [2.45, 2.75) is 60.7 Å². The maximum Gasteiger partial charge on any atom is 0.110 e. The fourth-order valence-electron chi connectivity index (χ4n) is 4.42. The van der Waals surface area contributed by atoms with Crippen molar-refractivity contribution in [2.75, 3.05) is 18.6 Å². The van der Waals surface area contributed by atoms with Crippen molar-refractivity contribution in [2.24, 2.45) is 0 Å². The molecule has 0 bridgehead atoms. The summed E-state index contributed by atoms with van der Waals surface area (Å²) in [4.78, 5) is 2.94. The van der Waals surface area contributed by atoms with Crippen molar-refractivity contribution in [1.82, 2.24) is 4.67 Å². The molecule has 0 aromatic heterocycles. The zero-order valence-electron chi connectivity index (χ0n) is 17.0. The van der Waals surface area contributed by atoms with Crippen LogP contribution in [0.15, 0.2) is 70.5 Å². The minimum atomic E-state index is -1.13. The van der Waals surface area contributed by atoms with Crippen LogP contribution in [0, 0.1) is 0 Å². The van der Waals surface area contributed by atoms with E-state index in [0.29, 0.717) is 12.1 Å².